The van der Waals surface area contributed by atoms with Crippen LogP contribution in [0, 0.1) is 0 Å². The summed E-state index contributed by atoms with van der Waals surface area (Å²) in [5, 5.41) is 6.82. The lowest BCUT2D eigenvalue weighted by molar-refractivity contribution is 0.0105. The van der Waals surface area contributed by atoms with E-state index in [0.717, 1.165) is 25.7 Å². The Morgan fingerprint density at radius 2 is 2.29 bits per heavy atom. The first-order valence-electron chi connectivity index (χ1n) is 8.38. The molecule has 2 fully saturated rings. The molecular weight excluding hydrogens is 280 g/mol. The van der Waals surface area contributed by atoms with E-state index in [0.29, 0.717) is 6.04 Å². The van der Waals surface area contributed by atoms with Gasteiger partial charge in [-0.3, -0.25) is 9.80 Å². The Morgan fingerprint density at radius 3 is 3.14 bits per heavy atom. The molecule has 1 N–H and O–H groups in total. The SMILES string of the molecule is CCNCc1nc(CN2CC3CCCCN3CC2C)cs1. The van der Waals surface area contributed by atoms with Crippen LogP contribution in [0.2, 0.25) is 0 Å². The summed E-state index contributed by atoms with van der Waals surface area (Å²) in [5.41, 5.74) is 1.25. The van der Waals surface area contributed by atoms with E-state index in [1.807, 2.05) is 0 Å². The standard InChI is InChI=1S/C16H28N4S/c1-3-17-8-16-18-14(12-21-16)10-20-11-15-6-4-5-7-19(15)9-13(20)2/h12-13,15,17H,3-11H2,1-2H3. The van der Waals surface area contributed by atoms with E-state index in [2.05, 4.69) is 34.3 Å². The zero-order valence-corrected chi connectivity index (χ0v) is 14.2. The topological polar surface area (TPSA) is 31.4 Å². The molecule has 21 heavy (non-hydrogen) atoms. The van der Waals surface area contributed by atoms with Gasteiger partial charge in [-0.1, -0.05) is 13.3 Å². The number of fused-ring (bicyclic) bond motifs is 1. The van der Waals surface area contributed by atoms with Crippen molar-refractivity contribution >= 4 is 11.3 Å². The average Bonchev–Trinajstić information content (AvgIpc) is 2.93. The highest BCUT2D eigenvalue weighted by atomic mass is 32.1. The summed E-state index contributed by atoms with van der Waals surface area (Å²) in [6, 6.07) is 1.44. The molecule has 0 aromatic carbocycles. The van der Waals surface area contributed by atoms with Gasteiger partial charge in [0.05, 0.1) is 5.69 Å². The number of nitrogens with zero attached hydrogens (tertiary/aromatic N) is 3. The molecule has 0 radical (unpaired) electrons. The molecule has 5 heteroatoms. The van der Waals surface area contributed by atoms with Crippen LogP contribution in [0.25, 0.3) is 0 Å². The highest BCUT2D eigenvalue weighted by molar-refractivity contribution is 7.09. The van der Waals surface area contributed by atoms with Crippen LogP contribution in [0.4, 0.5) is 0 Å². The van der Waals surface area contributed by atoms with E-state index >= 15 is 0 Å². The molecular formula is C16H28N4S. The molecule has 0 saturated carbocycles. The minimum absolute atomic E-state index is 0.651. The van der Waals surface area contributed by atoms with E-state index in [-0.39, 0.29) is 0 Å². The lowest BCUT2D eigenvalue weighted by Crippen LogP contribution is -2.58. The Hall–Kier alpha value is -0.490. The Bertz CT molecular complexity index is 447. The first kappa shape index (κ1) is 15.4. The Labute approximate surface area is 132 Å². The molecule has 1 aromatic heterocycles. The van der Waals surface area contributed by atoms with Gasteiger partial charge in [-0.15, -0.1) is 11.3 Å². The molecule has 2 unspecified atom stereocenters. The lowest BCUT2D eigenvalue weighted by Gasteiger charge is -2.47. The second-order valence-corrected chi connectivity index (χ2v) is 7.38. The van der Waals surface area contributed by atoms with Crippen molar-refractivity contribution in [3.8, 4) is 0 Å². The average molecular weight is 308 g/mol. The van der Waals surface area contributed by atoms with Gasteiger partial charge in [0, 0.05) is 43.6 Å². The van der Waals surface area contributed by atoms with Gasteiger partial charge in [-0.2, -0.15) is 0 Å². The summed E-state index contributed by atoms with van der Waals surface area (Å²) in [4.78, 5) is 10.1. The van der Waals surface area contributed by atoms with Gasteiger partial charge in [0.2, 0.25) is 0 Å². The molecule has 2 aliphatic heterocycles. The zero-order valence-electron chi connectivity index (χ0n) is 13.3. The monoisotopic (exact) mass is 308 g/mol. The highest BCUT2D eigenvalue weighted by Crippen LogP contribution is 2.25. The van der Waals surface area contributed by atoms with E-state index in [9.17, 15) is 0 Å². The number of rotatable bonds is 5. The number of nitrogens with one attached hydrogen (secondary N) is 1. The fourth-order valence-corrected chi connectivity index (χ4v) is 4.33. The van der Waals surface area contributed by atoms with Crippen LogP contribution >= 0.6 is 11.3 Å². The fraction of sp³-hybridized carbons (Fsp3) is 0.812. The molecule has 2 aliphatic rings. The number of aromatic nitrogens is 1. The van der Waals surface area contributed by atoms with E-state index < -0.39 is 0 Å². The summed E-state index contributed by atoms with van der Waals surface area (Å²) < 4.78 is 0. The van der Waals surface area contributed by atoms with Crippen LogP contribution in [-0.4, -0.2) is 53.0 Å². The zero-order chi connectivity index (χ0) is 14.7. The van der Waals surface area contributed by atoms with E-state index in [1.54, 1.807) is 11.3 Å². The fourth-order valence-electron chi connectivity index (χ4n) is 3.58. The minimum Gasteiger partial charge on any atom is -0.311 e. The van der Waals surface area contributed by atoms with E-state index in [4.69, 9.17) is 4.98 Å². The normalized spacial score (nSPS) is 27.7. The van der Waals surface area contributed by atoms with Gasteiger partial charge in [-0.25, -0.2) is 4.98 Å². The molecule has 3 rings (SSSR count). The van der Waals surface area contributed by atoms with Gasteiger partial charge in [0.15, 0.2) is 0 Å². The highest BCUT2D eigenvalue weighted by Gasteiger charge is 2.32. The maximum atomic E-state index is 4.78. The molecule has 0 aliphatic carbocycles. The molecule has 4 nitrogen and oxygen atoms in total. The summed E-state index contributed by atoms with van der Waals surface area (Å²) in [5.74, 6) is 0. The molecule has 3 heterocycles. The molecule has 0 bridgehead atoms. The van der Waals surface area contributed by atoms with Crippen molar-refractivity contribution < 1.29 is 0 Å². The van der Waals surface area contributed by atoms with Crippen LogP contribution in [0.3, 0.4) is 0 Å². The third kappa shape index (κ3) is 3.83. The number of hydrogen-bond donors (Lipinski definition) is 1. The maximum absolute atomic E-state index is 4.78. The second-order valence-electron chi connectivity index (χ2n) is 6.44. The summed E-state index contributed by atoms with van der Waals surface area (Å²) in [6.07, 6.45) is 4.18. The molecule has 2 atom stereocenters. The molecule has 118 valence electrons. The number of piperazine rings is 1. The third-order valence-electron chi connectivity index (χ3n) is 4.81. The number of hydrogen-bond acceptors (Lipinski definition) is 5. The van der Waals surface area contributed by atoms with Crippen molar-refractivity contribution in [2.45, 2.75) is 58.3 Å². The first-order chi connectivity index (χ1) is 10.3. The molecule has 0 spiro atoms. The lowest BCUT2D eigenvalue weighted by atomic mass is 9.97. The predicted octanol–water partition coefficient (Wildman–Crippen LogP) is 2.31. The van der Waals surface area contributed by atoms with Crippen LogP contribution in [0.1, 0.15) is 43.8 Å². The Morgan fingerprint density at radius 1 is 1.38 bits per heavy atom. The van der Waals surface area contributed by atoms with Gasteiger partial charge in [-0.05, 0) is 32.9 Å². The molecule has 2 saturated heterocycles. The summed E-state index contributed by atoms with van der Waals surface area (Å²) in [7, 11) is 0. The van der Waals surface area contributed by atoms with Gasteiger partial charge >= 0.3 is 0 Å². The van der Waals surface area contributed by atoms with Crippen molar-refractivity contribution in [3.05, 3.63) is 16.1 Å². The van der Waals surface area contributed by atoms with Crippen LogP contribution < -0.4 is 5.32 Å². The minimum atomic E-state index is 0.651. The molecule has 1 aromatic rings. The number of thiazole rings is 1. The van der Waals surface area contributed by atoms with Crippen molar-refractivity contribution in [1.29, 1.82) is 0 Å². The van der Waals surface area contributed by atoms with Crippen LogP contribution in [0.5, 0.6) is 0 Å². The van der Waals surface area contributed by atoms with E-state index in [1.165, 1.54) is 49.6 Å². The largest absolute Gasteiger partial charge is 0.311 e. The smallest absolute Gasteiger partial charge is 0.107 e. The summed E-state index contributed by atoms with van der Waals surface area (Å²) >= 11 is 1.79. The van der Waals surface area contributed by atoms with Gasteiger partial charge in [0.1, 0.15) is 5.01 Å². The molecule has 0 amide bonds. The predicted molar refractivity (Wildman–Crippen MR) is 88.6 cm³/mol. The van der Waals surface area contributed by atoms with Crippen molar-refractivity contribution in [3.63, 3.8) is 0 Å². The van der Waals surface area contributed by atoms with Crippen LogP contribution in [-0.2, 0) is 13.1 Å². The number of piperidine rings is 1. The quantitative estimate of drug-likeness (QED) is 0.904. The van der Waals surface area contributed by atoms with Crippen molar-refractivity contribution in [2.24, 2.45) is 0 Å². The second kappa shape index (κ2) is 7.18. The third-order valence-corrected chi connectivity index (χ3v) is 5.70. The van der Waals surface area contributed by atoms with Gasteiger partial charge in [0.25, 0.3) is 0 Å². The first-order valence-corrected chi connectivity index (χ1v) is 9.26. The maximum Gasteiger partial charge on any atom is 0.107 e. The van der Waals surface area contributed by atoms with Gasteiger partial charge < -0.3 is 5.32 Å². The summed E-state index contributed by atoms with van der Waals surface area (Å²) in [6.45, 7) is 11.2. The Balaban J connectivity index is 1.57. The van der Waals surface area contributed by atoms with Crippen LogP contribution in [0.15, 0.2) is 5.38 Å². The van der Waals surface area contributed by atoms with Crippen molar-refractivity contribution in [1.82, 2.24) is 20.1 Å². The van der Waals surface area contributed by atoms with Crippen molar-refractivity contribution in [2.75, 3.05) is 26.2 Å². The Kier molecular flexibility index (Phi) is 5.27.